The summed E-state index contributed by atoms with van der Waals surface area (Å²) < 4.78 is 14.8. The van der Waals surface area contributed by atoms with E-state index in [9.17, 15) is 4.39 Å². The lowest BCUT2D eigenvalue weighted by atomic mass is 9.99. The number of rotatable bonds is 2. The van der Waals surface area contributed by atoms with Gasteiger partial charge in [-0.1, -0.05) is 29.8 Å². The molecule has 2 nitrogen and oxygen atoms in total. The summed E-state index contributed by atoms with van der Waals surface area (Å²) >= 11 is 3.29. The van der Waals surface area contributed by atoms with E-state index < -0.39 is 0 Å². The SMILES string of the molecule is CC(C)C1CNCCN1c1ccc(Br)cc1F. The Morgan fingerprint density at radius 1 is 1.47 bits per heavy atom. The molecule has 1 heterocycles. The van der Waals surface area contributed by atoms with Gasteiger partial charge in [0.2, 0.25) is 0 Å². The van der Waals surface area contributed by atoms with Gasteiger partial charge < -0.3 is 10.2 Å². The van der Waals surface area contributed by atoms with Gasteiger partial charge in [0.25, 0.3) is 0 Å². The van der Waals surface area contributed by atoms with E-state index in [4.69, 9.17) is 0 Å². The maximum atomic E-state index is 14.0. The Balaban J connectivity index is 2.29. The second kappa shape index (κ2) is 5.36. The number of anilines is 1. The maximum Gasteiger partial charge on any atom is 0.147 e. The lowest BCUT2D eigenvalue weighted by Crippen LogP contribution is -2.54. The van der Waals surface area contributed by atoms with Crippen molar-refractivity contribution >= 4 is 21.6 Å². The van der Waals surface area contributed by atoms with Crippen LogP contribution in [-0.4, -0.2) is 25.7 Å². The van der Waals surface area contributed by atoms with Gasteiger partial charge in [-0.15, -0.1) is 0 Å². The Kier molecular flexibility index (Phi) is 4.05. The summed E-state index contributed by atoms with van der Waals surface area (Å²) in [5, 5.41) is 3.37. The number of halogens is 2. The molecule has 1 N–H and O–H groups in total. The highest BCUT2D eigenvalue weighted by Gasteiger charge is 2.26. The van der Waals surface area contributed by atoms with Gasteiger partial charge in [0.1, 0.15) is 5.82 Å². The minimum absolute atomic E-state index is 0.146. The Labute approximate surface area is 110 Å². The largest absolute Gasteiger partial charge is 0.363 e. The monoisotopic (exact) mass is 300 g/mol. The van der Waals surface area contributed by atoms with Crippen molar-refractivity contribution in [2.75, 3.05) is 24.5 Å². The van der Waals surface area contributed by atoms with Crippen molar-refractivity contribution in [2.45, 2.75) is 19.9 Å². The van der Waals surface area contributed by atoms with Crippen LogP contribution in [0.2, 0.25) is 0 Å². The maximum absolute atomic E-state index is 14.0. The van der Waals surface area contributed by atoms with Crippen LogP contribution in [0.3, 0.4) is 0 Å². The molecule has 0 amide bonds. The van der Waals surface area contributed by atoms with Gasteiger partial charge in [0.05, 0.1) is 5.69 Å². The van der Waals surface area contributed by atoms with E-state index in [0.717, 1.165) is 24.1 Å². The van der Waals surface area contributed by atoms with Crippen LogP contribution < -0.4 is 10.2 Å². The molecule has 4 heteroatoms. The van der Waals surface area contributed by atoms with E-state index in [2.05, 4.69) is 40.0 Å². The van der Waals surface area contributed by atoms with Gasteiger partial charge in [-0.25, -0.2) is 4.39 Å². The minimum atomic E-state index is -0.146. The molecule has 1 aromatic rings. The molecule has 94 valence electrons. The molecule has 0 spiro atoms. The lowest BCUT2D eigenvalue weighted by molar-refractivity contribution is 0.386. The number of nitrogens with one attached hydrogen (secondary N) is 1. The summed E-state index contributed by atoms with van der Waals surface area (Å²) in [7, 11) is 0. The van der Waals surface area contributed by atoms with E-state index in [0.29, 0.717) is 17.6 Å². The van der Waals surface area contributed by atoms with Crippen LogP contribution in [0.15, 0.2) is 22.7 Å². The average molecular weight is 301 g/mol. The quantitative estimate of drug-likeness (QED) is 0.903. The topological polar surface area (TPSA) is 15.3 Å². The van der Waals surface area contributed by atoms with Crippen LogP contribution in [0.25, 0.3) is 0 Å². The van der Waals surface area contributed by atoms with E-state index in [1.165, 1.54) is 6.07 Å². The first kappa shape index (κ1) is 12.8. The third-order valence-electron chi connectivity index (χ3n) is 3.27. The number of hydrogen-bond donors (Lipinski definition) is 1. The van der Waals surface area contributed by atoms with E-state index in [1.54, 1.807) is 0 Å². The third-order valence-corrected chi connectivity index (χ3v) is 3.77. The van der Waals surface area contributed by atoms with Crippen molar-refractivity contribution in [3.05, 3.63) is 28.5 Å². The summed E-state index contributed by atoms with van der Waals surface area (Å²) in [6.45, 7) is 7.07. The average Bonchev–Trinajstić information content (AvgIpc) is 2.29. The van der Waals surface area contributed by atoms with Crippen molar-refractivity contribution in [1.29, 1.82) is 0 Å². The van der Waals surface area contributed by atoms with Crippen LogP contribution in [0.4, 0.5) is 10.1 Å². The van der Waals surface area contributed by atoms with Crippen LogP contribution in [0, 0.1) is 11.7 Å². The highest BCUT2D eigenvalue weighted by Crippen LogP contribution is 2.27. The number of hydrogen-bond acceptors (Lipinski definition) is 2. The van der Waals surface area contributed by atoms with Crippen molar-refractivity contribution in [2.24, 2.45) is 5.92 Å². The molecule has 0 saturated carbocycles. The zero-order valence-electron chi connectivity index (χ0n) is 10.2. The van der Waals surface area contributed by atoms with Gasteiger partial charge >= 0.3 is 0 Å². The minimum Gasteiger partial charge on any atom is -0.363 e. The molecule has 1 aliphatic rings. The molecule has 0 aromatic heterocycles. The first-order chi connectivity index (χ1) is 8.09. The van der Waals surface area contributed by atoms with Crippen molar-refractivity contribution in [3.63, 3.8) is 0 Å². The molecule has 1 saturated heterocycles. The van der Waals surface area contributed by atoms with E-state index in [-0.39, 0.29) is 5.82 Å². The smallest absolute Gasteiger partial charge is 0.147 e. The number of benzene rings is 1. The summed E-state index contributed by atoms with van der Waals surface area (Å²) in [4.78, 5) is 2.18. The van der Waals surface area contributed by atoms with Gasteiger partial charge in [0.15, 0.2) is 0 Å². The molecule has 17 heavy (non-hydrogen) atoms. The van der Waals surface area contributed by atoms with Gasteiger partial charge in [-0.3, -0.25) is 0 Å². The standard InChI is InChI=1S/C13H18BrFN2/c1-9(2)13-8-16-5-6-17(13)12-4-3-10(14)7-11(12)15/h3-4,7,9,13,16H,5-6,8H2,1-2H3. The first-order valence-electron chi connectivity index (χ1n) is 6.02. The van der Waals surface area contributed by atoms with E-state index >= 15 is 0 Å². The predicted octanol–water partition coefficient (Wildman–Crippen LogP) is 3.02. The molecular weight excluding hydrogens is 283 g/mol. The molecule has 1 atom stereocenters. The van der Waals surface area contributed by atoms with E-state index in [1.807, 2.05) is 12.1 Å². The highest BCUT2D eigenvalue weighted by atomic mass is 79.9. The van der Waals surface area contributed by atoms with Crippen molar-refractivity contribution in [1.82, 2.24) is 5.32 Å². The Morgan fingerprint density at radius 2 is 2.24 bits per heavy atom. The Bertz CT molecular complexity index is 395. The predicted molar refractivity (Wildman–Crippen MR) is 72.9 cm³/mol. The molecule has 1 fully saturated rings. The molecule has 1 aromatic carbocycles. The zero-order chi connectivity index (χ0) is 12.4. The van der Waals surface area contributed by atoms with Crippen LogP contribution in [0.5, 0.6) is 0 Å². The van der Waals surface area contributed by atoms with Gasteiger partial charge in [-0.05, 0) is 24.1 Å². The lowest BCUT2D eigenvalue weighted by Gasteiger charge is -2.40. The second-order valence-corrected chi connectivity index (χ2v) is 5.72. The van der Waals surface area contributed by atoms with Crippen LogP contribution >= 0.6 is 15.9 Å². The fourth-order valence-electron chi connectivity index (χ4n) is 2.33. The Morgan fingerprint density at radius 3 is 2.88 bits per heavy atom. The second-order valence-electron chi connectivity index (χ2n) is 4.80. The van der Waals surface area contributed by atoms with Crippen molar-refractivity contribution in [3.8, 4) is 0 Å². The molecule has 0 bridgehead atoms. The van der Waals surface area contributed by atoms with Crippen LogP contribution in [-0.2, 0) is 0 Å². The normalized spacial score (nSPS) is 21.0. The number of piperazine rings is 1. The van der Waals surface area contributed by atoms with Gasteiger partial charge in [0, 0.05) is 30.1 Å². The number of nitrogens with zero attached hydrogens (tertiary/aromatic N) is 1. The fourth-order valence-corrected chi connectivity index (χ4v) is 2.67. The Hall–Kier alpha value is -0.610. The highest BCUT2D eigenvalue weighted by molar-refractivity contribution is 9.10. The molecule has 0 aliphatic carbocycles. The van der Waals surface area contributed by atoms with Crippen molar-refractivity contribution < 1.29 is 4.39 Å². The molecule has 0 radical (unpaired) electrons. The summed E-state index contributed by atoms with van der Waals surface area (Å²) in [5.74, 6) is 0.359. The van der Waals surface area contributed by atoms with Crippen LogP contribution in [0.1, 0.15) is 13.8 Å². The summed E-state index contributed by atoms with van der Waals surface area (Å²) in [5.41, 5.74) is 0.716. The first-order valence-corrected chi connectivity index (χ1v) is 6.81. The zero-order valence-corrected chi connectivity index (χ0v) is 11.8. The fraction of sp³-hybridized carbons (Fsp3) is 0.538. The summed E-state index contributed by atoms with van der Waals surface area (Å²) in [6.07, 6.45) is 0. The van der Waals surface area contributed by atoms with Gasteiger partial charge in [-0.2, -0.15) is 0 Å². The summed E-state index contributed by atoms with van der Waals surface area (Å²) in [6, 6.07) is 5.66. The molecule has 1 unspecified atom stereocenters. The molecule has 2 rings (SSSR count). The molecular formula is C13H18BrFN2. The molecule has 1 aliphatic heterocycles. The third kappa shape index (κ3) is 2.80.